The Kier molecular flexibility index (Phi) is 6.79. The number of aryl methyl sites for hydroxylation is 2. The Morgan fingerprint density at radius 3 is 2.44 bits per heavy atom. The highest BCUT2D eigenvalue weighted by Gasteiger charge is 2.21. The zero-order valence-corrected chi connectivity index (χ0v) is 15.7. The normalized spacial score (nSPS) is 17.3. The predicted octanol–water partition coefficient (Wildman–Crippen LogP) is 2.82. The fourth-order valence-electron chi connectivity index (χ4n) is 3.19. The van der Waals surface area contributed by atoms with Crippen LogP contribution in [0.25, 0.3) is 6.08 Å². The van der Waals surface area contributed by atoms with Gasteiger partial charge in [0.2, 0.25) is 0 Å². The number of amides is 1. The van der Waals surface area contributed by atoms with E-state index in [-0.39, 0.29) is 11.9 Å². The van der Waals surface area contributed by atoms with Crippen molar-refractivity contribution in [3.63, 3.8) is 0 Å². The van der Waals surface area contributed by atoms with Gasteiger partial charge in [-0.3, -0.25) is 9.48 Å². The summed E-state index contributed by atoms with van der Waals surface area (Å²) in [6.45, 7) is 5.44. The van der Waals surface area contributed by atoms with Crippen molar-refractivity contribution >= 4 is 18.0 Å². The molecule has 0 radical (unpaired) electrons. The van der Waals surface area contributed by atoms with Gasteiger partial charge in [0.25, 0.3) is 5.91 Å². The van der Waals surface area contributed by atoms with Gasteiger partial charge in [-0.25, -0.2) is 4.79 Å². The number of nitrogens with zero attached hydrogens (tertiary/aromatic N) is 2. The van der Waals surface area contributed by atoms with Gasteiger partial charge >= 0.3 is 5.97 Å². The van der Waals surface area contributed by atoms with Crippen LogP contribution >= 0.6 is 0 Å². The molecular formula is C19H29N3O3. The maximum atomic E-state index is 12.2. The zero-order valence-electron chi connectivity index (χ0n) is 15.7. The molecule has 1 fully saturated rings. The number of hydrogen-bond acceptors (Lipinski definition) is 4. The molecule has 1 N–H and O–H groups in total. The number of rotatable bonds is 5. The van der Waals surface area contributed by atoms with Crippen LogP contribution in [-0.2, 0) is 21.4 Å². The van der Waals surface area contributed by atoms with E-state index in [2.05, 4.69) is 10.4 Å². The predicted molar refractivity (Wildman–Crippen MR) is 96.9 cm³/mol. The SMILES string of the molecule is Cc1nn(C)c(C)c1/C=C/C(=O)O[C@H](C)C(=O)NC1CCCCCC1. The third-order valence-electron chi connectivity index (χ3n) is 4.81. The van der Waals surface area contributed by atoms with Crippen LogP contribution in [0.2, 0.25) is 0 Å². The fraction of sp³-hybridized carbons (Fsp3) is 0.632. The lowest BCUT2D eigenvalue weighted by Crippen LogP contribution is -2.41. The maximum absolute atomic E-state index is 12.2. The molecule has 1 aromatic heterocycles. The van der Waals surface area contributed by atoms with Crippen LogP contribution in [0, 0.1) is 13.8 Å². The van der Waals surface area contributed by atoms with Gasteiger partial charge in [-0.1, -0.05) is 25.7 Å². The van der Waals surface area contributed by atoms with Crippen LogP contribution in [0.3, 0.4) is 0 Å². The lowest BCUT2D eigenvalue weighted by Gasteiger charge is -2.19. The third kappa shape index (κ3) is 5.44. The molecule has 25 heavy (non-hydrogen) atoms. The Balaban J connectivity index is 1.86. The number of hydrogen-bond donors (Lipinski definition) is 1. The molecule has 0 aliphatic heterocycles. The molecule has 6 heteroatoms. The van der Waals surface area contributed by atoms with E-state index in [1.54, 1.807) is 17.7 Å². The molecule has 1 saturated carbocycles. The summed E-state index contributed by atoms with van der Waals surface area (Å²) < 4.78 is 7.00. The summed E-state index contributed by atoms with van der Waals surface area (Å²) in [5.41, 5.74) is 2.72. The van der Waals surface area contributed by atoms with E-state index in [9.17, 15) is 9.59 Å². The summed E-state index contributed by atoms with van der Waals surface area (Å²) in [6, 6.07) is 0.201. The van der Waals surface area contributed by atoms with E-state index in [4.69, 9.17) is 4.74 Å². The minimum absolute atomic E-state index is 0.201. The first-order chi connectivity index (χ1) is 11.9. The van der Waals surface area contributed by atoms with E-state index in [1.165, 1.54) is 18.9 Å². The summed E-state index contributed by atoms with van der Waals surface area (Å²) in [7, 11) is 1.86. The monoisotopic (exact) mass is 347 g/mol. The molecule has 6 nitrogen and oxygen atoms in total. The smallest absolute Gasteiger partial charge is 0.331 e. The molecule has 1 aliphatic carbocycles. The Morgan fingerprint density at radius 1 is 1.24 bits per heavy atom. The molecular weight excluding hydrogens is 318 g/mol. The summed E-state index contributed by atoms with van der Waals surface area (Å²) >= 11 is 0. The number of ether oxygens (including phenoxy) is 1. The van der Waals surface area contributed by atoms with Crippen molar-refractivity contribution in [2.75, 3.05) is 0 Å². The first-order valence-electron chi connectivity index (χ1n) is 9.07. The summed E-state index contributed by atoms with van der Waals surface area (Å²) in [5, 5.41) is 7.31. The lowest BCUT2D eigenvalue weighted by molar-refractivity contribution is -0.150. The van der Waals surface area contributed by atoms with Gasteiger partial charge in [-0.05, 0) is 39.7 Å². The minimum atomic E-state index is -0.795. The van der Waals surface area contributed by atoms with E-state index in [1.807, 2.05) is 20.9 Å². The van der Waals surface area contributed by atoms with Gasteiger partial charge in [-0.15, -0.1) is 0 Å². The second-order valence-electron chi connectivity index (χ2n) is 6.82. The zero-order chi connectivity index (χ0) is 18.4. The Hall–Kier alpha value is -2.11. The molecule has 138 valence electrons. The van der Waals surface area contributed by atoms with Crippen molar-refractivity contribution in [3.8, 4) is 0 Å². The van der Waals surface area contributed by atoms with E-state index in [0.29, 0.717) is 0 Å². The van der Waals surface area contributed by atoms with Gasteiger partial charge in [-0.2, -0.15) is 5.10 Å². The number of aromatic nitrogens is 2. The van der Waals surface area contributed by atoms with Crippen LogP contribution in [0.4, 0.5) is 0 Å². The summed E-state index contributed by atoms with van der Waals surface area (Å²) in [4.78, 5) is 24.2. The van der Waals surface area contributed by atoms with Gasteiger partial charge < -0.3 is 10.1 Å². The van der Waals surface area contributed by atoms with Crippen LogP contribution in [0.5, 0.6) is 0 Å². The number of carbonyl (C=O) groups is 2. The molecule has 1 amide bonds. The first-order valence-corrected chi connectivity index (χ1v) is 9.07. The van der Waals surface area contributed by atoms with Crippen LogP contribution in [0.15, 0.2) is 6.08 Å². The molecule has 0 saturated heterocycles. The molecule has 0 unspecified atom stereocenters. The van der Waals surface area contributed by atoms with Crippen LogP contribution < -0.4 is 5.32 Å². The Morgan fingerprint density at radius 2 is 1.88 bits per heavy atom. The van der Waals surface area contributed by atoms with Gasteiger partial charge in [0.15, 0.2) is 6.10 Å². The van der Waals surface area contributed by atoms with Crippen molar-refractivity contribution in [3.05, 3.63) is 23.0 Å². The van der Waals surface area contributed by atoms with Crippen molar-refractivity contribution < 1.29 is 14.3 Å². The first kappa shape index (κ1) is 19.2. The lowest BCUT2D eigenvalue weighted by atomic mass is 10.1. The third-order valence-corrected chi connectivity index (χ3v) is 4.81. The number of esters is 1. The molecule has 1 heterocycles. The molecule has 0 bridgehead atoms. The molecule has 0 spiro atoms. The van der Waals surface area contributed by atoms with Gasteiger partial charge in [0.05, 0.1) is 5.69 Å². The number of nitrogens with one attached hydrogen (secondary N) is 1. The highest BCUT2D eigenvalue weighted by Crippen LogP contribution is 2.17. The Labute approximate surface area is 149 Å². The van der Waals surface area contributed by atoms with E-state index in [0.717, 1.165) is 42.6 Å². The molecule has 1 atom stereocenters. The van der Waals surface area contributed by atoms with Crippen molar-refractivity contribution in [2.45, 2.75) is 71.4 Å². The van der Waals surface area contributed by atoms with Crippen LogP contribution in [0.1, 0.15) is 62.4 Å². The standard InChI is InChI=1S/C19H29N3O3/c1-13-17(14(2)22(4)21-13)11-12-18(23)25-15(3)19(24)20-16-9-7-5-6-8-10-16/h11-12,15-16H,5-10H2,1-4H3,(H,20,24)/b12-11+/t15-/m1/s1. The van der Waals surface area contributed by atoms with Gasteiger partial charge in [0.1, 0.15) is 0 Å². The molecule has 1 aromatic rings. The van der Waals surface area contributed by atoms with Crippen molar-refractivity contribution in [2.24, 2.45) is 7.05 Å². The largest absolute Gasteiger partial charge is 0.449 e. The quantitative estimate of drug-likeness (QED) is 0.505. The average Bonchev–Trinajstić information content (AvgIpc) is 2.75. The molecule has 0 aromatic carbocycles. The highest BCUT2D eigenvalue weighted by molar-refractivity contribution is 5.90. The molecule has 2 rings (SSSR count). The van der Waals surface area contributed by atoms with Gasteiger partial charge in [0, 0.05) is 30.4 Å². The van der Waals surface area contributed by atoms with Crippen molar-refractivity contribution in [1.82, 2.24) is 15.1 Å². The Bertz CT molecular complexity index is 641. The molecule has 1 aliphatic rings. The topological polar surface area (TPSA) is 73.2 Å². The second kappa shape index (κ2) is 8.83. The maximum Gasteiger partial charge on any atom is 0.331 e. The van der Waals surface area contributed by atoms with E-state index < -0.39 is 12.1 Å². The average molecular weight is 347 g/mol. The van der Waals surface area contributed by atoms with Crippen LogP contribution in [-0.4, -0.2) is 33.8 Å². The number of carbonyl (C=O) groups excluding carboxylic acids is 2. The van der Waals surface area contributed by atoms with E-state index >= 15 is 0 Å². The fourth-order valence-corrected chi connectivity index (χ4v) is 3.19. The minimum Gasteiger partial charge on any atom is -0.449 e. The summed E-state index contributed by atoms with van der Waals surface area (Å²) in [6.07, 6.45) is 9.01. The second-order valence-corrected chi connectivity index (χ2v) is 6.82. The van der Waals surface area contributed by atoms with Crippen molar-refractivity contribution in [1.29, 1.82) is 0 Å². The summed E-state index contributed by atoms with van der Waals surface area (Å²) in [5.74, 6) is -0.742. The highest BCUT2D eigenvalue weighted by atomic mass is 16.5.